The van der Waals surface area contributed by atoms with E-state index in [1.54, 1.807) is 13.1 Å². The quantitative estimate of drug-likeness (QED) is 0.757. The Bertz CT molecular complexity index is 864. The summed E-state index contributed by atoms with van der Waals surface area (Å²) in [5.41, 5.74) is 0.848. The first-order valence-corrected chi connectivity index (χ1v) is 10.6. The molecule has 1 aliphatic carbocycles. The maximum atomic E-state index is 13.2. The van der Waals surface area contributed by atoms with E-state index in [1.807, 2.05) is 41.1 Å². The molecule has 6 heteroatoms. The molecule has 0 atom stereocenters. The van der Waals surface area contributed by atoms with Crippen LogP contribution in [-0.4, -0.2) is 56.8 Å². The van der Waals surface area contributed by atoms with Crippen LogP contribution in [-0.2, 0) is 21.5 Å². The topological polar surface area (TPSA) is 58.4 Å². The van der Waals surface area contributed by atoms with Crippen LogP contribution < -0.4 is 0 Å². The zero-order valence-electron chi connectivity index (χ0n) is 17.4. The first kappa shape index (κ1) is 19.7. The lowest BCUT2D eigenvalue weighted by molar-refractivity contribution is -0.137. The second-order valence-corrected chi connectivity index (χ2v) is 8.35. The van der Waals surface area contributed by atoms with E-state index in [9.17, 15) is 9.59 Å². The number of rotatable bonds is 6. The molecular weight excluding hydrogens is 364 g/mol. The predicted molar refractivity (Wildman–Crippen MR) is 111 cm³/mol. The number of aromatic nitrogens is 2. The predicted octanol–water partition coefficient (Wildman–Crippen LogP) is 2.76. The van der Waals surface area contributed by atoms with Crippen molar-refractivity contribution in [2.24, 2.45) is 0 Å². The molecule has 1 saturated heterocycles. The molecule has 1 aromatic heterocycles. The van der Waals surface area contributed by atoms with Gasteiger partial charge in [0.25, 0.3) is 0 Å². The molecule has 0 radical (unpaired) electrons. The monoisotopic (exact) mass is 394 g/mol. The number of hydrogen-bond donors (Lipinski definition) is 0. The average molecular weight is 395 g/mol. The first-order chi connectivity index (χ1) is 14.0. The van der Waals surface area contributed by atoms with Gasteiger partial charge in [-0.2, -0.15) is 0 Å². The second kappa shape index (κ2) is 8.01. The number of aryl methyl sites for hydroxylation is 1. The molecular formula is C23H30N4O2. The molecule has 2 heterocycles. The van der Waals surface area contributed by atoms with Crippen molar-refractivity contribution in [1.82, 2.24) is 19.4 Å². The Morgan fingerprint density at radius 2 is 1.86 bits per heavy atom. The van der Waals surface area contributed by atoms with Crippen LogP contribution in [0.5, 0.6) is 0 Å². The third-order valence-corrected chi connectivity index (χ3v) is 6.59. The van der Waals surface area contributed by atoms with E-state index in [4.69, 9.17) is 0 Å². The summed E-state index contributed by atoms with van der Waals surface area (Å²) >= 11 is 0. The molecule has 4 rings (SSSR count). The lowest BCUT2D eigenvalue weighted by Gasteiger charge is -2.39. The summed E-state index contributed by atoms with van der Waals surface area (Å²) in [7, 11) is 0. The molecule has 0 unspecified atom stereocenters. The van der Waals surface area contributed by atoms with Gasteiger partial charge in [0.2, 0.25) is 11.8 Å². The molecule has 2 fully saturated rings. The first-order valence-electron chi connectivity index (χ1n) is 10.6. The van der Waals surface area contributed by atoms with E-state index < -0.39 is 0 Å². The standard InChI is InChI=1S/C23H30N4O2/c1-18-24-12-15-25(18)16-17-27(19(2)28)21-8-13-26(14-9-21)22(29)23(10-11-23)20-6-4-3-5-7-20/h3-7,12,15,21H,8-11,13-14,16-17H2,1-2H3. The molecule has 154 valence electrons. The van der Waals surface area contributed by atoms with E-state index >= 15 is 0 Å². The maximum absolute atomic E-state index is 13.2. The van der Waals surface area contributed by atoms with E-state index in [-0.39, 0.29) is 23.3 Å². The Morgan fingerprint density at radius 1 is 1.17 bits per heavy atom. The Labute approximate surface area is 172 Å². The third kappa shape index (κ3) is 3.93. The number of carbonyl (C=O) groups is 2. The smallest absolute Gasteiger partial charge is 0.233 e. The minimum atomic E-state index is -0.298. The minimum Gasteiger partial charge on any atom is -0.342 e. The molecule has 29 heavy (non-hydrogen) atoms. The lowest BCUT2D eigenvalue weighted by Crippen LogP contribution is -2.51. The SMILES string of the molecule is CC(=O)N(CCn1ccnc1C)C1CCN(C(=O)C2(c3ccccc3)CC2)CC1. The van der Waals surface area contributed by atoms with Crippen molar-refractivity contribution in [1.29, 1.82) is 0 Å². The summed E-state index contributed by atoms with van der Waals surface area (Å²) < 4.78 is 2.07. The van der Waals surface area contributed by atoms with Gasteiger partial charge in [-0.1, -0.05) is 30.3 Å². The third-order valence-electron chi connectivity index (χ3n) is 6.59. The molecule has 0 bridgehead atoms. The Kier molecular flexibility index (Phi) is 5.43. The van der Waals surface area contributed by atoms with Crippen molar-refractivity contribution in [2.45, 2.75) is 57.5 Å². The minimum absolute atomic E-state index is 0.107. The van der Waals surface area contributed by atoms with Gasteiger partial charge in [-0.05, 0) is 38.2 Å². The van der Waals surface area contributed by atoms with Gasteiger partial charge in [0.1, 0.15) is 5.82 Å². The Balaban J connectivity index is 1.36. The molecule has 0 N–H and O–H groups in total. The highest BCUT2D eigenvalue weighted by atomic mass is 16.2. The zero-order chi connectivity index (χ0) is 20.4. The van der Waals surface area contributed by atoms with Gasteiger partial charge in [0.15, 0.2) is 0 Å². The average Bonchev–Trinajstić information content (AvgIpc) is 3.45. The molecule has 2 amide bonds. The van der Waals surface area contributed by atoms with Gasteiger partial charge in [-0.25, -0.2) is 4.98 Å². The second-order valence-electron chi connectivity index (χ2n) is 8.35. The van der Waals surface area contributed by atoms with Crippen LogP contribution in [0.3, 0.4) is 0 Å². The molecule has 1 saturated carbocycles. The molecule has 1 aromatic carbocycles. The fourth-order valence-corrected chi connectivity index (χ4v) is 4.64. The van der Waals surface area contributed by atoms with Gasteiger partial charge in [-0.15, -0.1) is 0 Å². The van der Waals surface area contributed by atoms with Gasteiger partial charge < -0.3 is 14.4 Å². The van der Waals surface area contributed by atoms with E-state index in [0.29, 0.717) is 6.54 Å². The normalized spacial score (nSPS) is 18.5. The lowest BCUT2D eigenvalue weighted by atomic mass is 9.92. The van der Waals surface area contributed by atoms with E-state index in [0.717, 1.165) is 56.7 Å². The summed E-state index contributed by atoms with van der Waals surface area (Å²) in [6.07, 6.45) is 7.32. The number of hydrogen-bond acceptors (Lipinski definition) is 3. The van der Waals surface area contributed by atoms with Crippen LogP contribution >= 0.6 is 0 Å². The fourth-order valence-electron chi connectivity index (χ4n) is 4.64. The number of imidazole rings is 1. The van der Waals surface area contributed by atoms with Crippen molar-refractivity contribution in [3.05, 3.63) is 54.1 Å². The molecule has 2 aromatic rings. The van der Waals surface area contributed by atoms with E-state index in [1.165, 1.54) is 0 Å². The highest BCUT2D eigenvalue weighted by molar-refractivity contribution is 5.91. The summed E-state index contributed by atoms with van der Waals surface area (Å²) in [6, 6.07) is 10.4. The summed E-state index contributed by atoms with van der Waals surface area (Å²) in [6.45, 7) is 6.51. The van der Waals surface area contributed by atoms with Crippen LogP contribution in [0, 0.1) is 6.92 Å². The van der Waals surface area contributed by atoms with Gasteiger partial charge in [-0.3, -0.25) is 9.59 Å². The van der Waals surface area contributed by atoms with E-state index in [2.05, 4.69) is 21.7 Å². The van der Waals surface area contributed by atoms with Crippen LogP contribution in [0.2, 0.25) is 0 Å². The number of amides is 2. The van der Waals surface area contributed by atoms with Crippen LogP contribution in [0.4, 0.5) is 0 Å². The molecule has 1 aliphatic heterocycles. The van der Waals surface area contributed by atoms with Gasteiger partial charge in [0, 0.05) is 51.5 Å². The van der Waals surface area contributed by atoms with Gasteiger partial charge >= 0.3 is 0 Å². The van der Waals surface area contributed by atoms with Crippen molar-refractivity contribution < 1.29 is 9.59 Å². The number of likely N-dealkylation sites (tertiary alicyclic amines) is 1. The van der Waals surface area contributed by atoms with Crippen molar-refractivity contribution in [3.63, 3.8) is 0 Å². The summed E-state index contributed by atoms with van der Waals surface area (Å²) in [5.74, 6) is 1.34. The maximum Gasteiger partial charge on any atom is 0.233 e. The zero-order valence-corrected chi connectivity index (χ0v) is 17.4. The van der Waals surface area contributed by atoms with Crippen LogP contribution in [0.25, 0.3) is 0 Å². The highest BCUT2D eigenvalue weighted by Gasteiger charge is 2.53. The number of piperidine rings is 1. The molecule has 0 spiro atoms. The molecule has 6 nitrogen and oxygen atoms in total. The Morgan fingerprint density at radius 3 is 2.41 bits per heavy atom. The van der Waals surface area contributed by atoms with Crippen LogP contribution in [0.15, 0.2) is 42.7 Å². The number of benzene rings is 1. The largest absolute Gasteiger partial charge is 0.342 e. The van der Waals surface area contributed by atoms with Gasteiger partial charge in [0.05, 0.1) is 5.41 Å². The highest BCUT2D eigenvalue weighted by Crippen LogP contribution is 2.49. The summed E-state index contributed by atoms with van der Waals surface area (Å²) in [5, 5.41) is 0. The number of nitrogens with zero attached hydrogens (tertiary/aromatic N) is 4. The Hall–Kier alpha value is -2.63. The summed E-state index contributed by atoms with van der Waals surface area (Å²) in [4.78, 5) is 33.8. The van der Waals surface area contributed by atoms with Crippen molar-refractivity contribution >= 4 is 11.8 Å². The van der Waals surface area contributed by atoms with Crippen molar-refractivity contribution in [3.8, 4) is 0 Å². The van der Waals surface area contributed by atoms with Crippen molar-refractivity contribution in [2.75, 3.05) is 19.6 Å². The van der Waals surface area contributed by atoms with Crippen LogP contribution in [0.1, 0.15) is 44.0 Å². The fraction of sp³-hybridized carbons (Fsp3) is 0.522. The molecule has 2 aliphatic rings. The number of carbonyl (C=O) groups excluding carboxylic acids is 2.